The van der Waals surface area contributed by atoms with E-state index in [4.69, 9.17) is 10.5 Å². The number of benzene rings is 1. The van der Waals surface area contributed by atoms with Crippen molar-refractivity contribution in [1.29, 1.82) is 0 Å². The van der Waals surface area contributed by atoms with E-state index in [1.807, 2.05) is 0 Å². The second kappa shape index (κ2) is 4.93. The van der Waals surface area contributed by atoms with Gasteiger partial charge >= 0.3 is 0 Å². The first-order chi connectivity index (χ1) is 7.10. The van der Waals surface area contributed by atoms with Crippen molar-refractivity contribution in [2.45, 2.75) is 12.3 Å². The van der Waals surface area contributed by atoms with E-state index < -0.39 is 12.3 Å². The Kier molecular flexibility index (Phi) is 3.85. The normalized spacial score (nSPS) is 12.9. The number of ether oxygens (including phenoxy) is 1. The molecule has 3 nitrogen and oxygen atoms in total. The minimum Gasteiger partial charge on any atom is -0.504 e. The molecule has 1 rings (SSSR count). The van der Waals surface area contributed by atoms with Gasteiger partial charge in [-0.2, -0.15) is 0 Å². The standard InChI is InChI=1S/C10H13F2NO2/c1-15-9-3-2-6(4-8(9)14)7(5-13)10(11)12/h2-4,7,10,14H,5,13H2,1H3. The SMILES string of the molecule is COc1ccc(C(CN)C(F)F)cc1O. The molecule has 0 aromatic heterocycles. The zero-order valence-corrected chi connectivity index (χ0v) is 8.28. The molecular formula is C10H13F2NO2. The molecule has 0 spiro atoms. The van der Waals surface area contributed by atoms with Crippen molar-refractivity contribution in [3.8, 4) is 11.5 Å². The lowest BCUT2D eigenvalue weighted by Gasteiger charge is -2.15. The summed E-state index contributed by atoms with van der Waals surface area (Å²) in [5, 5.41) is 9.41. The summed E-state index contributed by atoms with van der Waals surface area (Å²) in [6.45, 7) is -0.163. The largest absolute Gasteiger partial charge is 0.504 e. The van der Waals surface area contributed by atoms with Gasteiger partial charge in [-0.3, -0.25) is 0 Å². The minimum atomic E-state index is -2.54. The Balaban J connectivity index is 3.00. The van der Waals surface area contributed by atoms with Crippen LogP contribution in [0.3, 0.4) is 0 Å². The van der Waals surface area contributed by atoms with Crippen LogP contribution in [0.25, 0.3) is 0 Å². The van der Waals surface area contributed by atoms with Crippen molar-refractivity contribution < 1.29 is 18.6 Å². The molecule has 3 N–H and O–H groups in total. The lowest BCUT2D eigenvalue weighted by atomic mass is 9.99. The number of hydrogen-bond donors (Lipinski definition) is 2. The highest BCUT2D eigenvalue weighted by Crippen LogP contribution is 2.31. The molecule has 1 aromatic rings. The maximum Gasteiger partial charge on any atom is 0.246 e. The van der Waals surface area contributed by atoms with Crippen molar-refractivity contribution in [2.75, 3.05) is 13.7 Å². The predicted molar refractivity (Wildman–Crippen MR) is 52.5 cm³/mol. The average molecular weight is 217 g/mol. The molecule has 15 heavy (non-hydrogen) atoms. The molecule has 0 aliphatic heterocycles. The molecule has 1 aromatic carbocycles. The molecule has 0 aliphatic rings. The van der Waals surface area contributed by atoms with Crippen molar-refractivity contribution in [3.05, 3.63) is 23.8 Å². The summed E-state index contributed by atoms with van der Waals surface area (Å²) in [5.41, 5.74) is 5.54. The van der Waals surface area contributed by atoms with Gasteiger partial charge in [0.2, 0.25) is 6.43 Å². The quantitative estimate of drug-likeness (QED) is 0.807. The summed E-state index contributed by atoms with van der Waals surface area (Å²) < 4.78 is 29.8. The van der Waals surface area contributed by atoms with Crippen LogP contribution in [0.15, 0.2) is 18.2 Å². The Morgan fingerprint density at radius 3 is 2.53 bits per heavy atom. The number of phenolic OH excluding ortho intramolecular Hbond substituents is 1. The second-order valence-electron chi connectivity index (χ2n) is 3.11. The Labute approximate surface area is 86.5 Å². The van der Waals surface area contributed by atoms with Gasteiger partial charge < -0.3 is 15.6 Å². The van der Waals surface area contributed by atoms with E-state index in [2.05, 4.69) is 0 Å². The van der Waals surface area contributed by atoms with Gasteiger partial charge in [0, 0.05) is 6.54 Å². The van der Waals surface area contributed by atoms with E-state index in [-0.39, 0.29) is 18.0 Å². The van der Waals surface area contributed by atoms with Crippen LogP contribution >= 0.6 is 0 Å². The van der Waals surface area contributed by atoms with Crippen LogP contribution in [0.4, 0.5) is 8.78 Å². The summed E-state index contributed by atoms with van der Waals surface area (Å²) >= 11 is 0. The predicted octanol–water partition coefficient (Wildman–Crippen LogP) is 1.71. The van der Waals surface area contributed by atoms with Crippen LogP contribution in [-0.2, 0) is 0 Å². The fraction of sp³-hybridized carbons (Fsp3) is 0.400. The molecule has 1 unspecified atom stereocenters. The first-order valence-electron chi connectivity index (χ1n) is 4.45. The number of rotatable bonds is 4. The van der Waals surface area contributed by atoms with Crippen LogP contribution in [0, 0.1) is 0 Å². The molecule has 0 aliphatic carbocycles. The van der Waals surface area contributed by atoms with Crippen LogP contribution < -0.4 is 10.5 Å². The van der Waals surface area contributed by atoms with Crippen LogP contribution in [0.2, 0.25) is 0 Å². The average Bonchev–Trinajstić information content (AvgIpc) is 2.18. The number of halogens is 2. The smallest absolute Gasteiger partial charge is 0.246 e. The van der Waals surface area contributed by atoms with Crippen LogP contribution in [0.1, 0.15) is 11.5 Å². The van der Waals surface area contributed by atoms with E-state index in [0.717, 1.165) is 0 Å². The molecule has 84 valence electrons. The molecule has 0 amide bonds. The third kappa shape index (κ3) is 2.56. The maximum absolute atomic E-state index is 12.5. The number of methoxy groups -OCH3 is 1. The van der Waals surface area contributed by atoms with Crippen molar-refractivity contribution in [1.82, 2.24) is 0 Å². The molecule has 0 bridgehead atoms. The van der Waals surface area contributed by atoms with E-state index >= 15 is 0 Å². The van der Waals surface area contributed by atoms with Gasteiger partial charge in [-0.25, -0.2) is 8.78 Å². The number of alkyl halides is 2. The monoisotopic (exact) mass is 217 g/mol. The molecule has 0 radical (unpaired) electrons. The van der Waals surface area contributed by atoms with Gasteiger partial charge in [0.05, 0.1) is 13.0 Å². The van der Waals surface area contributed by atoms with Gasteiger partial charge in [-0.05, 0) is 17.7 Å². The van der Waals surface area contributed by atoms with Gasteiger partial charge in [0.15, 0.2) is 11.5 Å². The first kappa shape index (κ1) is 11.7. The topological polar surface area (TPSA) is 55.5 Å². The lowest BCUT2D eigenvalue weighted by Crippen LogP contribution is -2.19. The fourth-order valence-electron chi connectivity index (χ4n) is 1.32. The Hall–Kier alpha value is -1.36. The number of phenols is 1. The number of aromatic hydroxyl groups is 1. The molecular weight excluding hydrogens is 204 g/mol. The molecule has 5 heteroatoms. The summed E-state index contributed by atoms with van der Waals surface area (Å²) in [6.07, 6.45) is -2.54. The van der Waals surface area contributed by atoms with Crippen molar-refractivity contribution >= 4 is 0 Å². The zero-order chi connectivity index (χ0) is 11.4. The van der Waals surface area contributed by atoms with Gasteiger partial charge in [-0.15, -0.1) is 0 Å². The number of nitrogens with two attached hydrogens (primary N) is 1. The van der Waals surface area contributed by atoms with Gasteiger partial charge in [-0.1, -0.05) is 6.07 Å². The summed E-state index contributed by atoms with van der Waals surface area (Å²) in [5.74, 6) is -0.959. The minimum absolute atomic E-state index is 0.158. The third-order valence-corrected chi connectivity index (χ3v) is 2.19. The Morgan fingerprint density at radius 1 is 1.47 bits per heavy atom. The van der Waals surface area contributed by atoms with E-state index in [9.17, 15) is 13.9 Å². The molecule has 0 saturated carbocycles. The lowest BCUT2D eigenvalue weighted by molar-refractivity contribution is 0.117. The van der Waals surface area contributed by atoms with E-state index in [0.29, 0.717) is 5.56 Å². The summed E-state index contributed by atoms with van der Waals surface area (Å²) in [7, 11) is 1.39. The summed E-state index contributed by atoms with van der Waals surface area (Å²) in [4.78, 5) is 0. The van der Waals surface area contributed by atoms with Crippen LogP contribution in [-0.4, -0.2) is 25.2 Å². The molecule has 0 heterocycles. The second-order valence-corrected chi connectivity index (χ2v) is 3.11. The highest BCUT2D eigenvalue weighted by atomic mass is 19.3. The molecule has 0 saturated heterocycles. The molecule has 0 fully saturated rings. The van der Waals surface area contributed by atoms with Crippen molar-refractivity contribution in [3.63, 3.8) is 0 Å². The Bertz CT molecular complexity index is 331. The maximum atomic E-state index is 12.5. The first-order valence-corrected chi connectivity index (χ1v) is 4.45. The van der Waals surface area contributed by atoms with Gasteiger partial charge in [0.25, 0.3) is 0 Å². The third-order valence-electron chi connectivity index (χ3n) is 2.19. The van der Waals surface area contributed by atoms with E-state index in [1.54, 1.807) is 0 Å². The molecule has 1 atom stereocenters. The number of hydrogen-bond acceptors (Lipinski definition) is 3. The summed E-state index contributed by atoms with van der Waals surface area (Å²) in [6, 6.07) is 4.17. The zero-order valence-electron chi connectivity index (χ0n) is 8.28. The Morgan fingerprint density at radius 2 is 2.13 bits per heavy atom. The van der Waals surface area contributed by atoms with Gasteiger partial charge in [0.1, 0.15) is 0 Å². The highest BCUT2D eigenvalue weighted by molar-refractivity contribution is 5.43. The van der Waals surface area contributed by atoms with Crippen LogP contribution in [0.5, 0.6) is 11.5 Å². The fourth-order valence-corrected chi connectivity index (χ4v) is 1.32. The van der Waals surface area contributed by atoms with E-state index in [1.165, 1.54) is 25.3 Å². The highest BCUT2D eigenvalue weighted by Gasteiger charge is 2.21. The van der Waals surface area contributed by atoms with Crippen molar-refractivity contribution in [2.24, 2.45) is 5.73 Å².